The molecule has 1 aliphatic carbocycles. The van der Waals surface area contributed by atoms with Gasteiger partial charge in [-0.15, -0.1) is 0 Å². The van der Waals surface area contributed by atoms with E-state index in [9.17, 15) is 15.3 Å². The van der Waals surface area contributed by atoms with Crippen LogP contribution in [0.5, 0.6) is 0 Å². The Bertz CT molecular complexity index is 1010. The number of carbonyl (C=O) groups excluding carboxylic acids is 1. The number of Topliss-reactive ketones (excluding diaryl/α,β-unsaturated/α-hetero) is 1. The molecule has 1 aliphatic heterocycles. The molecule has 3 nitrogen and oxygen atoms in total. The highest BCUT2D eigenvalue weighted by Crippen LogP contribution is 2.55. The number of fused-ring (bicyclic) bond motifs is 2. The second kappa shape index (κ2) is 5.72. The minimum atomic E-state index is -0.119. The number of rotatable bonds is 0. The molecule has 0 saturated heterocycles. The van der Waals surface area contributed by atoms with Crippen molar-refractivity contribution >= 4 is 34.9 Å². The molecule has 24 heavy (non-hydrogen) atoms. The van der Waals surface area contributed by atoms with Crippen LogP contribution in [0.25, 0.3) is 5.57 Å². The number of hydrogen-bond donors (Lipinski definition) is 0. The molecule has 0 atom stereocenters. The molecule has 0 bridgehead atoms. The van der Waals surface area contributed by atoms with Crippen LogP contribution in [0.2, 0.25) is 0 Å². The van der Waals surface area contributed by atoms with E-state index in [4.69, 9.17) is 0 Å². The smallest absolute Gasteiger partial charge is 0.196 e. The Kier molecular flexibility index (Phi) is 3.54. The van der Waals surface area contributed by atoms with E-state index in [-0.39, 0.29) is 11.4 Å². The van der Waals surface area contributed by atoms with Gasteiger partial charge in [0.1, 0.15) is 17.7 Å². The van der Waals surface area contributed by atoms with Gasteiger partial charge in [0.25, 0.3) is 0 Å². The van der Waals surface area contributed by atoms with Crippen molar-refractivity contribution in [1.82, 2.24) is 0 Å². The van der Waals surface area contributed by atoms with Gasteiger partial charge >= 0.3 is 0 Å². The monoisotopic (exact) mass is 344 g/mol. The highest BCUT2D eigenvalue weighted by atomic mass is 32.2. The Morgan fingerprint density at radius 3 is 1.96 bits per heavy atom. The molecule has 1 heterocycles. The van der Waals surface area contributed by atoms with Gasteiger partial charge in [-0.05, 0) is 17.7 Å². The molecular weight excluding hydrogens is 336 g/mol. The Labute approximate surface area is 147 Å². The standard InChI is InChI=1S/C19H8N2OS2/c20-9-11(10-21)16-12-5-1-2-6-13(12)18(22)17(16)19-23-14-7-3-4-8-15(14)24-19/h1-8H. The third-order valence-electron chi connectivity index (χ3n) is 3.85. The maximum atomic E-state index is 12.9. The van der Waals surface area contributed by atoms with E-state index in [0.717, 1.165) is 14.0 Å². The van der Waals surface area contributed by atoms with Crippen molar-refractivity contribution in [2.24, 2.45) is 0 Å². The molecule has 0 amide bonds. The summed E-state index contributed by atoms with van der Waals surface area (Å²) in [7, 11) is 0. The average molecular weight is 344 g/mol. The van der Waals surface area contributed by atoms with Crippen LogP contribution in [-0.2, 0) is 0 Å². The number of nitriles is 2. The van der Waals surface area contributed by atoms with Gasteiger partial charge in [0.05, 0.1) is 9.81 Å². The summed E-state index contributed by atoms with van der Waals surface area (Å²) < 4.78 is 0.829. The second-order valence-corrected chi connectivity index (χ2v) is 7.52. The van der Waals surface area contributed by atoms with Gasteiger partial charge in [-0.3, -0.25) is 4.79 Å². The zero-order chi connectivity index (χ0) is 16.7. The summed E-state index contributed by atoms with van der Waals surface area (Å²) in [4.78, 5) is 15.1. The lowest BCUT2D eigenvalue weighted by molar-refractivity contribution is 0.104. The minimum Gasteiger partial charge on any atom is -0.288 e. The number of hydrogen-bond acceptors (Lipinski definition) is 5. The molecule has 112 valence electrons. The van der Waals surface area contributed by atoms with Crippen LogP contribution in [-0.4, -0.2) is 5.78 Å². The summed E-state index contributed by atoms with van der Waals surface area (Å²) in [5, 5.41) is 18.7. The maximum Gasteiger partial charge on any atom is 0.196 e. The van der Waals surface area contributed by atoms with Gasteiger partial charge in [0, 0.05) is 20.9 Å². The molecular formula is C19H8N2OS2. The van der Waals surface area contributed by atoms with Gasteiger partial charge < -0.3 is 0 Å². The van der Waals surface area contributed by atoms with Crippen molar-refractivity contribution < 1.29 is 4.79 Å². The van der Waals surface area contributed by atoms with Gasteiger partial charge in [-0.25, -0.2) is 0 Å². The molecule has 0 radical (unpaired) electrons. The lowest BCUT2D eigenvalue weighted by Crippen LogP contribution is -1.97. The fraction of sp³-hybridized carbons (Fsp3) is 0. The van der Waals surface area contributed by atoms with E-state index >= 15 is 0 Å². The van der Waals surface area contributed by atoms with Crippen molar-refractivity contribution in [3.63, 3.8) is 0 Å². The molecule has 0 spiro atoms. The normalized spacial score (nSPS) is 14.9. The molecule has 0 fully saturated rings. The van der Waals surface area contributed by atoms with Crippen molar-refractivity contribution in [2.45, 2.75) is 9.79 Å². The molecule has 4 rings (SSSR count). The van der Waals surface area contributed by atoms with E-state index in [0.29, 0.717) is 22.3 Å². The second-order valence-electron chi connectivity index (χ2n) is 5.16. The summed E-state index contributed by atoms with van der Waals surface area (Å²) in [6, 6.07) is 19.0. The maximum absolute atomic E-state index is 12.9. The number of allylic oxidation sites excluding steroid dienone is 3. The summed E-state index contributed by atoms with van der Waals surface area (Å²) in [5.74, 6) is -0.119. The van der Waals surface area contributed by atoms with Crippen molar-refractivity contribution in [1.29, 1.82) is 10.5 Å². The fourth-order valence-corrected chi connectivity index (χ4v) is 5.39. The Morgan fingerprint density at radius 2 is 1.38 bits per heavy atom. The number of benzene rings is 2. The lowest BCUT2D eigenvalue weighted by atomic mass is 10.0. The lowest BCUT2D eigenvalue weighted by Gasteiger charge is -2.04. The summed E-state index contributed by atoms with van der Waals surface area (Å²) >= 11 is 3.04. The van der Waals surface area contributed by atoms with Crippen LogP contribution in [0.1, 0.15) is 15.9 Å². The zero-order valence-corrected chi connectivity index (χ0v) is 13.9. The summed E-state index contributed by atoms with van der Waals surface area (Å²) in [6.45, 7) is 0. The highest BCUT2D eigenvalue weighted by molar-refractivity contribution is 8.24. The average Bonchev–Trinajstić information content (AvgIpc) is 3.16. The molecule has 2 aromatic carbocycles. The predicted octanol–water partition coefficient (Wildman–Crippen LogP) is 4.79. The fourth-order valence-electron chi connectivity index (χ4n) is 2.81. The molecule has 0 N–H and O–H groups in total. The number of ketones is 1. The quantitative estimate of drug-likeness (QED) is 0.508. The largest absolute Gasteiger partial charge is 0.288 e. The van der Waals surface area contributed by atoms with Crippen LogP contribution in [0, 0.1) is 22.7 Å². The van der Waals surface area contributed by atoms with Gasteiger partial charge in [0.2, 0.25) is 0 Å². The number of carbonyl (C=O) groups is 1. The molecule has 0 saturated carbocycles. The number of nitrogens with zero attached hydrogens (tertiary/aromatic N) is 2. The van der Waals surface area contributed by atoms with Crippen LogP contribution < -0.4 is 0 Å². The van der Waals surface area contributed by atoms with Crippen molar-refractivity contribution in [3.8, 4) is 12.1 Å². The SMILES string of the molecule is N#CC(C#N)=C1C(=C2Sc3ccccc3S2)C(=O)c2ccccc21. The van der Waals surface area contributed by atoms with Gasteiger partial charge in [0.15, 0.2) is 5.78 Å². The van der Waals surface area contributed by atoms with Crippen LogP contribution in [0.15, 0.2) is 73.7 Å². The first-order valence-electron chi connectivity index (χ1n) is 7.12. The first-order chi connectivity index (χ1) is 11.7. The van der Waals surface area contributed by atoms with E-state index in [1.165, 1.54) is 23.5 Å². The third-order valence-corrected chi connectivity index (χ3v) is 6.41. The molecule has 2 aliphatic rings. The first kappa shape index (κ1) is 14.8. The van der Waals surface area contributed by atoms with E-state index in [1.54, 1.807) is 18.2 Å². The van der Waals surface area contributed by atoms with Crippen molar-refractivity contribution in [3.05, 3.63) is 75.0 Å². The van der Waals surface area contributed by atoms with Gasteiger partial charge in [-0.1, -0.05) is 59.9 Å². The van der Waals surface area contributed by atoms with Gasteiger partial charge in [-0.2, -0.15) is 10.5 Å². The topological polar surface area (TPSA) is 64.7 Å². The molecule has 0 aromatic heterocycles. The zero-order valence-electron chi connectivity index (χ0n) is 12.2. The first-order valence-corrected chi connectivity index (χ1v) is 8.76. The minimum absolute atomic E-state index is 0.0204. The van der Waals surface area contributed by atoms with Crippen LogP contribution >= 0.6 is 23.5 Å². The van der Waals surface area contributed by atoms with Crippen LogP contribution in [0.4, 0.5) is 0 Å². The molecule has 5 heteroatoms. The molecule has 0 unspecified atom stereocenters. The summed E-state index contributed by atoms with van der Waals surface area (Å²) in [5.41, 5.74) is 2.13. The Hall–Kier alpha value is -2.73. The Balaban J connectivity index is 1.99. The molecule has 2 aromatic rings. The summed E-state index contributed by atoms with van der Waals surface area (Å²) in [6.07, 6.45) is 0. The van der Waals surface area contributed by atoms with Crippen molar-refractivity contribution in [2.75, 3.05) is 0 Å². The van der Waals surface area contributed by atoms with E-state index < -0.39 is 0 Å². The van der Waals surface area contributed by atoms with Crippen LogP contribution in [0.3, 0.4) is 0 Å². The van der Waals surface area contributed by atoms with E-state index in [1.807, 2.05) is 42.5 Å². The highest BCUT2D eigenvalue weighted by Gasteiger charge is 2.36. The Morgan fingerprint density at radius 1 is 0.833 bits per heavy atom. The number of thioether (sulfide) groups is 2. The predicted molar refractivity (Wildman–Crippen MR) is 94.1 cm³/mol. The van der Waals surface area contributed by atoms with E-state index in [2.05, 4.69) is 0 Å². The third kappa shape index (κ3) is 2.11.